The minimum absolute atomic E-state index is 0.173. The summed E-state index contributed by atoms with van der Waals surface area (Å²) in [7, 11) is 0. The first kappa shape index (κ1) is 10.0. The first-order valence-corrected chi connectivity index (χ1v) is 5.26. The third-order valence-corrected chi connectivity index (χ3v) is 3.09. The van der Waals surface area contributed by atoms with Crippen LogP contribution in [0.25, 0.3) is 0 Å². The van der Waals surface area contributed by atoms with Gasteiger partial charge in [-0.15, -0.1) is 0 Å². The first-order valence-electron chi connectivity index (χ1n) is 4.88. The minimum Gasteiger partial charge on any atom is -0.281 e. The zero-order valence-electron chi connectivity index (χ0n) is 7.68. The minimum atomic E-state index is -0.173. The van der Waals surface area contributed by atoms with E-state index in [1.807, 2.05) is 0 Å². The standard InChI is InChI=1S/C10H17ClO/c1-8(7-10(11)12)9-5-3-2-4-6-9/h8-9H,2-7H2,1H3/t8-/m0/s1. The van der Waals surface area contributed by atoms with E-state index >= 15 is 0 Å². The van der Waals surface area contributed by atoms with E-state index in [0.717, 1.165) is 5.92 Å². The van der Waals surface area contributed by atoms with Crippen LogP contribution in [-0.2, 0) is 4.79 Å². The van der Waals surface area contributed by atoms with Crippen molar-refractivity contribution >= 4 is 16.8 Å². The van der Waals surface area contributed by atoms with Crippen LogP contribution in [-0.4, -0.2) is 5.24 Å². The molecule has 12 heavy (non-hydrogen) atoms. The fourth-order valence-corrected chi connectivity index (χ4v) is 2.37. The maximum atomic E-state index is 10.7. The molecule has 2 heteroatoms. The Bertz CT molecular complexity index is 150. The van der Waals surface area contributed by atoms with Crippen LogP contribution in [0.1, 0.15) is 45.4 Å². The summed E-state index contributed by atoms with van der Waals surface area (Å²) in [6.07, 6.45) is 7.21. The maximum absolute atomic E-state index is 10.7. The molecule has 0 N–H and O–H groups in total. The highest BCUT2D eigenvalue weighted by molar-refractivity contribution is 6.63. The number of hydrogen-bond acceptors (Lipinski definition) is 1. The molecular weight excluding hydrogens is 172 g/mol. The summed E-state index contributed by atoms with van der Waals surface area (Å²) in [5, 5.41) is -0.173. The summed E-state index contributed by atoms with van der Waals surface area (Å²) in [5.41, 5.74) is 0. The van der Waals surface area contributed by atoms with Gasteiger partial charge in [0.25, 0.3) is 0 Å². The molecule has 1 aliphatic rings. The lowest BCUT2D eigenvalue weighted by Gasteiger charge is -2.26. The van der Waals surface area contributed by atoms with Crippen molar-refractivity contribution in [3.63, 3.8) is 0 Å². The van der Waals surface area contributed by atoms with Gasteiger partial charge in [0.15, 0.2) is 0 Å². The summed E-state index contributed by atoms with van der Waals surface area (Å²) >= 11 is 5.35. The summed E-state index contributed by atoms with van der Waals surface area (Å²) < 4.78 is 0. The molecule has 0 spiro atoms. The fraction of sp³-hybridized carbons (Fsp3) is 0.900. The largest absolute Gasteiger partial charge is 0.281 e. The van der Waals surface area contributed by atoms with Gasteiger partial charge in [0.05, 0.1) is 0 Å². The van der Waals surface area contributed by atoms with Crippen molar-refractivity contribution < 1.29 is 4.79 Å². The highest BCUT2D eigenvalue weighted by Crippen LogP contribution is 2.31. The van der Waals surface area contributed by atoms with Gasteiger partial charge in [0.2, 0.25) is 5.24 Å². The van der Waals surface area contributed by atoms with Gasteiger partial charge in [0, 0.05) is 6.42 Å². The van der Waals surface area contributed by atoms with Gasteiger partial charge < -0.3 is 0 Å². The van der Waals surface area contributed by atoms with Crippen molar-refractivity contribution in [1.29, 1.82) is 0 Å². The van der Waals surface area contributed by atoms with Gasteiger partial charge in [-0.3, -0.25) is 4.79 Å². The smallest absolute Gasteiger partial charge is 0.221 e. The van der Waals surface area contributed by atoms with Crippen molar-refractivity contribution in [3.05, 3.63) is 0 Å². The van der Waals surface area contributed by atoms with Crippen molar-refractivity contribution in [2.45, 2.75) is 45.4 Å². The number of halogens is 1. The van der Waals surface area contributed by atoms with Crippen LogP contribution >= 0.6 is 11.6 Å². The molecule has 0 saturated heterocycles. The van der Waals surface area contributed by atoms with Gasteiger partial charge in [-0.25, -0.2) is 0 Å². The average molecular weight is 189 g/mol. The van der Waals surface area contributed by atoms with Gasteiger partial charge in [-0.05, 0) is 23.4 Å². The van der Waals surface area contributed by atoms with Crippen molar-refractivity contribution in [2.75, 3.05) is 0 Å². The summed E-state index contributed by atoms with van der Waals surface area (Å²) in [6.45, 7) is 2.15. The Morgan fingerprint density at radius 2 is 2.00 bits per heavy atom. The normalized spacial score (nSPS) is 22.2. The Labute approximate surface area is 79.5 Å². The van der Waals surface area contributed by atoms with E-state index in [9.17, 15) is 4.79 Å². The third kappa shape index (κ3) is 3.14. The molecule has 1 fully saturated rings. The van der Waals surface area contributed by atoms with Crippen LogP contribution in [0.4, 0.5) is 0 Å². The zero-order valence-corrected chi connectivity index (χ0v) is 8.44. The van der Waals surface area contributed by atoms with E-state index in [1.54, 1.807) is 0 Å². The van der Waals surface area contributed by atoms with Gasteiger partial charge >= 0.3 is 0 Å². The Morgan fingerprint density at radius 3 is 2.50 bits per heavy atom. The topological polar surface area (TPSA) is 17.1 Å². The van der Waals surface area contributed by atoms with Crippen LogP contribution in [0, 0.1) is 11.8 Å². The summed E-state index contributed by atoms with van der Waals surface area (Å²) in [5.74, 6) is 1.25. The van der Waals surface area contributed by atoms with Crippen LogP contribution < -0.4 is 0 Å². The predicted molar refractivity (Wildman–Crippen MR) is 51.2 cm³/mol. The summed E-state index contributed by atoms with van der Waals surface area (Å²) in [4.78, 5) is 10.7. The van der Waals surface area contributed by atoms with Crippen LogP contribution in [0.2, 0.25) is 0 Å². The van der Waals surface area contributed by atoms with Crippen molar-refractivity contribution in [1.82, 2.24) is 0 Å². The van der Waals surface area contributed by atoms with Crippen LogP contribution in [0.3, 0.4) is 0 Å². The third-order valence-electron chi connectivity index (χ3n) is 2.94. The van der Waals surface area contributed by atoms with Gasteiger partial charge in [-0.1, -0.05) is 39.0 Å². The number of carbonyl (C=O) groups excluding carboxylic acids is 1. The highest BCUT2D eigenvalue weighted by Gasteiger charge is 2.21. The van der Waals surface area contributed by atoms with Gasteiger partial charge in [-0.2, -0.15) is 0 Å². The van der Waals surface area contributed by atoms with E-state index in [0.29, 0.717) is 12.3 Å². The Balaban J connectivity index is 2.29. The molecule has 0 aliphatic heterocycles. The molecule has 1 rings (SSSR count). The van der Waals surface area contributed by atoms with Crippen LogP contribution in [0.5, 0.6) is 0 Å². The van der Waals surface area contributed by atoms with Crippen molar-refractivity contribution in [2.24, 2.45) is 11.8 Å². The Hall–Kier alpha value is -0.0400. The molecule has 1 aliphatic carbocycles. The van der Waals surface area contributed by atoms with E-state index in [2.05, 4.69) is 6.92 Å². The SMILES string of the molecule is C[C@@H](CC(=O)Cl)C1CCCCC1. The Morgan fingerprint density at radius 1 is 1.42 bits per heavy atom. The molecule has 0 amide bonds. The molecule has 1 saturated carbocycles. The second-order valence-electron chi connectivity index (χ2n) is 3.93. The second-order valence-corrected chi connectivity index (χ2v) is 4.36. The Kier molecular flexibility index (Phi) is 4.07. The average Bonchev–Trinajstić information content (AvgIpc) is 2.05. The molecule has 0 aromatic rings. The predicted octanol–water partition coefficient (Wildman–Crippen LogP) is 3.36. The lowest BCUT2D eigenvalue weighted by atomic mass is 9.80. The highest BCUT2D eigenvalue weighted by atomic mass is 35.5. The quantitative estimate of drug-likeness (QED) is 0.621. The molecule has 0 bridgehead atoms. The molecule has 1 atom stereocenters. The zero-order chi connectivity index (χ0) is 8.97. The van der Waals surface area contributed by atoms with E-state index in [-0.39, 0.29) is 5.24 Å². The lowest BCUT2D eigenvalue weighted by Crippen LogP contribution is -2.16. The molecule has 0 radical (unpaired) electrons. The molecule has 0 aromatic carbocycles. The maximum Gasteiger partial charge on any atom is 0.221 e. The fourth-order valence-electron chi connectivity index (χ4n) is 2.12. The second kappa shape index (κ2) is 4.86. The number of hydrogen-bond donors (Lipinski definition) is 0. The van der Waals surface area contributed by atoms with E-state index < -0.39 is 0 Å². The van der Waals surface area contributed by atoms with Gasteiger partial charge in [0.1, 0.15) is 0 Å². The monoisotopic (exact) mass is 188 g/mol. The summed E-state index contributed by atoms with van der Waals surface area (Å²) in [6, 6.07) is 0. The lowest BCUT2D eigenvalue weighted by molar-refractivity contribution is -0.112. The molecule has 0 unspecified atom stereocenters. The molecule has 0 heterocycles. The molecule has 1 nitrogen and oxygen atoms in total. The number of carbonyl (C=O) groups is 1. The van der Waals surface area contributed by atoms with Crippen LogP contribution in [0.15, 0.2) is 0 Å². The first-order chi connectivity index (χ1) is 5.70. The molecular formula is C10H17ClO. The molecule has 0 aromatic heterocycles. The van der Waals surface area contributed by atoms with E-state index in [1.165, 1.54) is 32.1 Å². The van der Waals surface area contributed by atoms with Crippen molar-refractivity contribution in [3.8, 4) is 0 Å². The molecule has 70 valence electrons. The van der Waals surface area contributed by atoms with E-state index in [4.69, 9.17) is 11.6 Å². The number of rotatable bonds is 3.